The number of carbonyl (C=O) groups is 1. The molecular weight excluding hydrogens is 207 g/mol. The van der Waals surface area contributed by atoms with Gasteiger partial charge in [-0.1, -0.05) is 26.8 Å². The summed E-state index contributed by atoms with van der Waals surface area (Å²) < 4.78 is 18.3. The Labute approximate surface area is 95.4 Å². The molecule has 0 aliphatic rings. The zero-order valence-electron chi connectivity index (χ0n) is 10.1. The van der Waals surface area contributed by atoms with E-state index in [1.165, 1.54) is 12.1 Å². The lowest BCUT2D eigenvalue weighted by Crippen LogP contribution is -2.18. The summed E-state index contributed by atoms with van der Waals surface area (Å²) in [6.07, 6.45) is 0.264. The third-order valence-corrected chi connectivity index (χ3v) is 1.99. The van der Waals surface area contributed by atoms with Gasteiger partial charge in [-0.25, -0.2) is 4.39 Å². The highest BCUT2D eigenvalue weighted by Crippen LogP contribution is 2.23. The Balaban J connectivity index is 2.73. The number of rotatable bonds is 2. The first kappa shape index (κ1) is 12.7. The molecule has 0 saturated heterocycles. The largest absolute Gasteiger partial charge is 0.423 e. The first-order valence-corrected chi connectivity index (χ1v) is 5.25. The van der Waals surface area contributed by atoms with Gasteiger partial charge in [-0.2, -0.15) is 0 Å². The fourth-order valence-corrected chi connectivity index (χ4v) is 1.28. The van der Waals surface area contributed by atoms with E-state index in [0.717, 1.165) is 5.56 Å². The Hall–Kier alpha value is -1.38. The number of benzene rings is 1. The molecule has 0 aromatic heterocycles. The molecule has 1 aromatic carbocycles. The average molecular weight is 224 g/mol. The molecule has 0 amide bonds. The normalized spacial score (nSPS) is 11.3. The fraction of sp³-hybridized carbons (Fsp3) is 0.462. The summed E-state index contributed by atoms with van der Waals surface area (Å²) in [6.45, 7) is 7.61. The van der Waals surface area contributed by atoms with Crippen molar-refractivity contribution in [3.8, 4) is 5.75 Å². The van der Waals surface area contributed by atoms with E-state index in [1.54, 1.807) is 6.07 Å². The maximum absolute atomic E-state index is 13.3. The number of aryl methyl sites for hydroxylation is 1. The second-order valence-corrected chi connectivity index (χ2v) is 5.15. The minimum absolute atomic E-state index is 0.00856. The van der Waals surface area contributed by atoms with Crippen LogP contribution in [0, 0.1) is 18.2 Å². The predicted molar refractivity (Wildman–Crippen MR) is 60.8 cm³/mol. The van der Waals surface area contributed by atoms with Crippen LogP contribution in [0.4, 0.5) is 4.39 Å². The van der Waals surface area contributed by atoms with Crippen LogP contribution in [0.3, 0.4) is 0 Å². The van der Waals surface area contributed by atoms with Gasteiger partial charge in [-0.3, -0.25) is 4.79 Å². The summed E-state index contributed by atoms with van der Waals surface area (Å²) in [5, 5.41) is 0. The van der Waals surface area contributed by atoms with Gasteiger partial charge in [0.25, 0.3) is 0 Å². The highest BCUT2D eigenvalue weighted by Gasteiger charge is 2.18. The van der Waals surface area contributed by atoms with E-state index in [1.807, 2.05) is 27.7 Å². The molecule has 2 nitrogen and oxygen atoms in total. The van der Waals surface area contributed by atoms with Gasteiger partial charge in [0, 0.05) is 0 Å². The van der Waals surface area contributed by atoms with Gasteiger partial charge >= 0.3 is 5.97 Å². The summed E-state index contributed by atoms with van der Waals surface area (Å²) in [6, 6.07) is 4.46. The van der Waals surface area contributed by atoms with Crippen LogP contribution in [-0.2, 0) is 4.79 Å². The number of hydrogen-bond acceptors (Lipinski definition) is 2. The van der Waals surface area contributed by atoms with Crippen LogP contribution in [0.15, 0.2) is 18.2 Å². The molecule has 1 aromatic rings. The number of carbonyl (C=O) groups excluding carboxylic acids is 1. The Kier molecular flexibility index (Phi) is 3.68. The zero-order valence-corrected chi connectivity index (χ0v) is 10.1. The SMILES string of the molecule is Cc1ccc(F)c(OC(=O)CC(C)(C)C)c1. The van der Waals surface area contributed by atoms with Gasteiger partial charge < -0.3 is 4.74 Å². The van der Waals surface area contributed by atoms with Crippen LogP contribution in [-0.4, -0.2) is 5.97 Å². The van der Waals surface area contributed by atoms with Gasteiger partial charge in [0.05, 0.1) is 6.42 Å². The molecule has 0 N–H and O–H groups in total. The molecule has 0 aliphatic carbocycles. The monoisotopic (exact) mass is 224 g/mol. The smallest absolute Gasteiger partial charge is 0.311 e. The van der Waals surface area contributed by atoms with E-state index in [9.17, 15) is 9.18 Å². The first-order valence-electron chi connectivity index (χ1n) is 5.25. The van der Waals surface area contributed by atoms with Gasteiger partial charge in [-0.05, 0) is 30.0 Å². The average Bonchev–Trinajstić information content (AvgIpc) is 2.08. The van der Waals surface area contributed by atoms with Crippen molar-refractivity contribution in [1.82, 2.24) is 0 Å². The molecule has 0 fully saturated rings. The van der Waals surface area contributed by atoms with Crippen LogP contribution in [0.1, 0.15) is 32.8 Å². The summed E-state index contributed by atoms with van der Waals surface area (Å²) in [4.78, 5) is 11.5. The van der Waals surface area contributed by atoms with Crippen molar-refractivity contribution in [3.63, 3.8) is 0 Å². The van der Waals surface area contributed by atoms with E-state index in [2.05, 4.69) is 0 Å². The molecule has 0 radical (unpaired) electrons. The number of ether oxygens (including phenoxy) is 1. The summed E-state index contributed by atoms with van der Waals surface area (Å²) in [5.41, 5.74) is 0.706. The molecular formula is C13H17FO2. The standard InChI is InChI=1S/C13H17FO2/c1-9-5-6-10(14)11(7-9)16-12(15)8-13(2,3)4/h5-7H,8H2,1-4H3. The van der Waals surface area contributed by atoms with Crippen LogP contribution in [0.25, 0.3) is 0 Å². The maximum atomic E-state index is 13.3. The second kappa shape index (κ2) is 4.64. The van der Waals surface area contributed by atoms with Crippen LogP contribution in [0.5, 0.6) is 5.75 Å². The summed E-state index contributed by atoms with van der Waals surface area (Å²) >= 11 is 0. The first-order chi connectivity index (χ1) is 7.28. The Morgan fingerprint density at radius 3 is 2.56 bits per heavy atom. The van der Waals surface area contributed by atoms with E-state index in [-0.39, 0.29) is 17.6 Å². The van der Waals surface area contributed by atoms with Gasteiger partial charge in [0.2, 0.25) is 0 Å². The molecule has 3 heteroatoms. The summed E-state index contributed by atoms with van der Waals surface area (Å²) in [5.74, 6) is -0.904. The minimum Gasteiger partial charge on any atom is -0.423 e. The van der Waals surface area contributed by atoms with Crippen LogP contribution in [0.2, 0.25) is 0 Å². The number of esters is 1. The van der Waals surface area contributed by atoms with Crippen LogP contribution < -0.4 is 4.74 Å². The second-order valence-electron chi connectivity index (χ2n) is 5.15. The lowest BCUT2D eigenvalue weighted by molar-refractivity contribution is -0.136. The molecule has 1 rings (SSSR count). The van der Waals surface area contributed by atoms with E-state index in [4.69, 9.17) is 4.74 Å². The molecule has 88 valence electrons. The molecule has 16 heavy (non-hydrogen) atoms. The van der Waals surface area contributed by atoms with Crippen molar-refractivity contribution in [1.29, 1.82) is 0 Å². The fourth-order valence-electron chi connectivity index (χ4n) is 1.28. The molecule has 0 saturated carbocycles. The zero-order chi connectivity index (χ0) is 12.3. The third-order valence-electron chi connectivity index (χ3n) is 1.99. The summed E-state index contributed by atoms with van der Waals surface area (Å²) in [7, 11) is 0. The van der Waals surface area contributed by atoms with Gasteiger partial charge in [0.15, 0.2) is 11.6 Å². The van der Waals surface area contributed by atoms with E-state index >= 15 is 0 Å². The highest BCUT2D eigenvalue weighted by molar-refractivity contribution is 5.73. The van der Waals surface area contributed by atoms with Gasteiger partial charge in [0.1, 0.15) is 0 Å². The molecule has 0 spiro atoms. The van der Waals surface area contributed by atoms with Crippen molar-refractivity contribution in [2.45, 2.75) is 34.1 Å². The predicted octanol–water partition coefficient (Wildman–Crippen LogP) is 3.48. The molecule has 0 unspecified atom stereocenters. The lowest BCUT2D eigenvalue weighted by atomic mass is 9.92. The third kappa shape index (κ3) is 4.01. The lowest BCUT2D eigenvalue weighted by Gasteiger charge is -2.16. The topological polar surface area (TPSA) is 26.3 Å². The maximum Gasteiger partial charge on any atom is 0.311 e. The van der Waals surface area contributed by atoms with E-state index < -0.39 is 11.8 Å². The van der Waals surface area contributed by atoms with E-state index in [0.29, 0.717) is 0 Å². The van der Waals surface area contributed by atoms with Crippen molar-refractivity contribution in [2.24, 2.45) is 5.41 Å². The highest BCUT2D eigenvalue weighted by atomic mass is 19.1. The molecule has 0 heterocycles. The number of halogens is 1. The molecule has 0 bridgehead atoms. The van der Waals surface area contributed by atoms with Crippen molar-refractivity contribution in [2.75, 3.05) is 0 Å². The number of hydrogen-bond donors (Lipinski definition) is 0. The minimum atomic E-state index is -0.507. The Morgan fingerprint density at radius 1 is 1.38 bits per heavy atom. The van der Waals surface area contributed by atoms with Gasteiger partial charge in [-0.15, -0.1) is 0 Å². The van der Waals surface area contributed by atoms with Crippen molar-refractivity contribution in [3.05, 3.63) is 29.6 Å². The molecule has 0 atom stereocenters. The Bertz CT molecular complexity index is 391. The quantitative estimate of drug-likeness (QED) is 0.568. The van der Waals surface area contributed by atoms with Crippen molar-refractivity contribution >= 4 is 5.97 Å². The van der Waals surface area contributed by atoms with Crippen molar-refractivity contribution < 1.29 is 13.9 Å². The Morgan fingerprint density at radius 2 is 2.00 bits per heavy atom. The van der Waals surface area contributed by atoms with Crippen LogP contribution >= 0.6 is 0 Å². The molecule has 0 aliphatic heterocycles.